The van der Waals surface area contributed by atoms with Crippen molar-refractivity contribution in [2.75, 3.05) is 0 Å². The molecule has 0 aromatic heterocycles. The second kappa shape index (κ2) is 5.87. The van der Waals surface area contributed by atoms with Crippen LogP contribution in [0.5, 0.6) is 0 Å². The SMILES string of the molecule is CC(N)C(=O)OCc1cc([N+](=O)[O-])cc([N+](=O)[O-])c1. The molecule has 1 aromatic rings. The summed E-state index contributed by atoms with van der Waals surface area (Å²) in [5, 5.41) is 21.3. The van der Waals surface area contributed by atoms with Crippen LogP contribution in [0.2, 0.25) is 0 Å². The molecule has 0 bridgehead atoms. The average molecular weight is 269 g/mol. The first kappa shape index (κ1) is 14.5. The third kappa shape index (κ3) is 4.00. The molecule has 19 heavy (non-hydrogen) atoms. The van der Waals surface area contributed by atoms with Crippen molar-refractivity contribution in [3.8, 4) is 0 Å². The monoisotopic (exact) mass is 269 g/mol. The molecule has 0 aliphatic carbocycles. The normalized spacial score (nSPS) is 11.7. The molecular formula is C10H11N3O6. The largest absolute Gasteiger partial charge is 0.460 e. The standard InChI is InChI=1S/C10H11N3O6/c1-6(11)10(14)19-5-7-2-8(12(15)16)4-9(3-7)13(17)18/h2-4,6H,5,11H2,1H3. The Morgan fingerprint density at radius 2 is 1.74 bits per heavy atom. The summed E-state index contributed by atoms with van der Waals surface area (Å²) in [4.78, 5) is 30.9. The highest BCUT2D eigenvalue weighted by molar-refractivity contribution is 5.74. The zero-order chi connectivity index (χ0) is 14.6. The summed E-state index contributed by atoms with van der Waals surface area (Å²) in [6.07, 6.45) is 0. The topological polar surface area (TPSA) is 139 Å². The highest BCUT2D eigenvalue weighted by Crippen LogP contribution is 2.23. The van der Waals surface area contributed by atoms with Gasteiger partial charge in [0.05, 0.1) is 15.9 Å². The molecule has 0 aliphatic heterocycles. The molecule has 0 radical (unpaired) electrons. The Morgan fingerprint density at radius 1 is 1.26 bits per heavy atom. The van der Waals surface area contributed by atoms with E-state index >= 15 is 0 Å². The number of hydrogen-bond acceptors (Lipinski definition) is 7. The van der Waals surface area contributed by atoms with Crippen molar-refractivity contribution in [3.05, 3.63) is 44.0 Å². The minimum Gasteiger partial charge on any atom is -0.460 e. The van der Waals surface area contributed by atoms with Gasteiger partial charge in [0.15, 0.2) is 0 Å². The predicted molar refractivity (Wildman–Crippen MR) is 63.2 cm³/mol. The lowest BCUT2D eigenvalue weighted by Gasteiger charge is -2.07. The first-order chi connectivity index (χ1) is 8.81. The van der Waals surface area contributed by atoms with Crippen LogP contribution >= 0.6 is 0 Å². The van der Waals surface area contributed by atoms with E-state index in [1.807, 2.05) is 0 Å². The van der Waals surface area contributed by atoms with Crippen molar-refractivity contribution in [3.63, 3.8) is 0 Å². The molecule has 0 aliphatic rings. The van der Waals surface area contributed by atoms with Gasteiger partial charge in [-0.1, -0.05) is 0 Å². The third-order valence-electron chi connectivity index (χ3n) is 2.14. The summed E-state index contributed by atoms with van der Waals surface area (Å²) in [5.41, 5.74) is 4.53. The summed E-state index contributed by atoms with van der Waals surface area (Å²) in [5.74, 6) is -0.700. The molecule has 0 spiro atoms. The van der Waals surface area contributed by atoms with Crippen LogP contribution in [0.25, 0.3) is 0 Å². The lowest BCUT2D eigenvalue weighted by atomic mass is 10.2. The van der Waals surface area contributed by atoms with Gasteiger partial charge < -0.3 is 10.5 Å². The number of carbonyl (C=O) groups is 1. The second-order valence-electron chi connectivity index (χ2n) is 3.77. The molecule has 102 valence electrons. The zero-order valence-electron chi connectivity index (χ0n) is 9.94. The van der Waals surface area contributed by atoms with E-state index in [-0.39, 0.29) is 12.2 Å². The van der Waals surface area contributed by atoms with E-state index in [0.717, 1.165) is 18.2 Å². The van der Waals surface area contributed by atoms with Crippen molar-refractivity contribution in [2.45, 2.75) is 19.6 Å². The predicted octanol–water partition coefficient (Wildman–Crippen LogP) is 0.893. The van der Waals surface area contributed by atoms with Crippen LogP contribution < -0.4 is 5.73 Å². The molecule has 1 atom stereocenters. The fourth-order valence-electron chi connectivity index (χ4n) is 1.24. The summed E-state index contributed by atoms with van der Waals surface area (Å²) in [6, 6.07) is 2.19. The highest BCUT2D eigenvalue weighted by Gasteiger charge is 2.17. The number of hydrogen-bond donors (Lipinski definition) is 1. The van der Waals surface area contributed by atoms with Crippen LogP contribution in [0.15, 0.2) is 18.2 Å². The summed E-state index contributed by atoms with van der Waals surface area (Å²) >= 11 is 0. The Morgan fingerprint density at radius 3 is 2.11 bits per heavy atom. The Balaban J connectivity index is 2.97. The lowest BCUT2D eigenvalue weighted by molar-refractivity contribution is -0.394. The minimum atomic E-state index is -0.839. The quantitative estimate of drug-likeness (QED) is 0.475. The van der Waals surface area contributed by atoms with E-state index in [4.69, 9.17) is 10.5 Å². The van der Waals surface area contributed by atoms with Crippen LogP contribution in [0.1, 0.15) is 12.5 Å². The molecule has 0 saturated carbocycles. The van der Waals surface area contributed by atoms with E-state index in [1.54, 1.807) is 0 Å². The zero-order valence-corrected chi connectivity index (χ0v) is 9.94. The van der Waals surface area contributed by atoms with Gasteiger partial charge in [-0.3, -0.25) is 25.0 Å². The average Bonchev–Trinajstić information content (AvgIpc) is 2.35. The maximum absolute atomic E-state index is 11.1. The fraction of sp³-hybridized carbons (Fsp3) is 0.300. The number of nitro groups is 2. The Kier molecular flexibility index (Phi) is 4.48. The van der Waals surface area contributed by atoms with Crippen LogP contribution in [0, 0.1) is 20.2 Å². The summed E-state index contributed by atoms with van der Waals surface area (Å²) in [7, 11) is 0. The molecular weight excluding hydrogens is 258 g/mol. The van der Waals surface area contributed by atoms with Gasteiger partial charge in [0, 0.05) is 17.7 Å². The Bertz CT molecular complexity index is 496. The summed E-state index contributed by atoms with van der Waals surface area (Å²) < 4.78 is 4.75. The molecule has 1 aromatic carbocycles. The number of esters is 1. The van der Waals surface area contributed by atoms with Crippen LogP contribution in [0.3, 0.4) is 0 Å². The maximum atomic E-state index is 11.1. The van der Waals surface area contributed by atoms with Gasteiger partial charge in [0.2, 0.25) is 0 Å². The van der Waals surface area contributed by atoms with Gasteiger partial charge in [-0.2, -0.15) is 0 Å². The number of benzene rings is 1. The van der Waals surface area contributed by atoms with Gasteiger partial charge in [0.1, 0.15) is 12.6 Å². The van der Waals surface area contributed by atoms with Crippen molar-refractivity contribution in [1.82, 2.24) is 0 Å². The van der Waals surface area contributed by atoms with E-state index in [9.17, 15) is 25.0 Å². The molecule has 1 rings (SSSR count). The fourth-order valence-corrected chi connectivity index (χ4v) is 1.24. The van der Waals surface area contributed by atoms with E-state index in [2.05, 4.69) is 0 Å². The first-order valence-electron chi connectivity index (χ1n) is 5.16. The van der Waals surface area contributed by atoms with Crippen LogP contribution in [-0.4, -0.2) is 21.9 Å². The number of nitro benzene ring substituents is 2. The number of rotatable bonds is 5. The molecule has 0 saturated heterocycles. The summed E-state index contributed by atoms with van der Waals surface area (Å²) in [6.45, 7) is 1.10. The molecule has 9 nitrogen and oxygen atoms in total. The molecule has 9 heteroatoms. The van der Waals surface area contributed by atoms with Crippen molar-refractivity contribution in [2.24, 2.45) is 5.73 Å². The lowest BCUT2D eigenvalue weighted by Crippen LogP contribution is -2.28. The first-order valence-corrected chi connectivity index (χ1v) is 5.16. The van der Waals surface area contributed by atoms with Crippen molar-refractivity contribution < 1.29 is 19.4 Å². The van der Waals surface area contributed by atoms with Crippen LogP contribution in [0.4, 0.5) is 11.4 Å². The van der Waals surface area contributed by atoms with Crippen molar-refractivity contribution >= 4 is 17.3 Å². The van der Waals surface area contributed by atoms with Gasteiger partial charge in [-0.15, -0.1) is 0 Å². The molecule has 0 heterocycles. The number of non-ortho nitro benzene ring substituents is 2. The Hall–Kier alpha value is -2.55. The number of nitrogens with zero attached hydrogens (tertiary/aromatic N) is 2. The van der Waals surface area contributed by atoms with E-state index in [1.165, 1.54) is 6.92 Å². The van der Waals surface area contributed by atoms with E-state index < -0.39 is 33.2 Å². The van der Waals surface area contributed by atoms with E-state index in [0.29, 0.717) is 0 Å². The van der Waals surface area contributed by atoms with Gasteiger partial charge in [-0.25, -0.2) is 0 Å². The maximum Gasteiger partial charge on any atom is 0.322 e. The van der Waals surface area contributed by atoms with Crippen LogP contribution in [-0.2, 0) is 16.1 Å². The number of ether oxygens (including phenoxy) is 1. The third-order valence-corrected chi connectivity index (χ3v) is 2.14. The van der Waals surface area contributed by atoms with Gasteiger partial charge in [0.25, 0.3) is 11.4 Å². The Labute approximate surface area is 107 Å². The van der Waals surface area contributed by atoms with Gasteiger partial charge in [-0.05, 0) is 6.92 Å². The minimum absolute atomic E-state index is 0.148. The van der Waals surface area contributed by atoms with Gasteiger partial charge >= 0.3 is 5.97 Å². The molecule has 0 amide bonds. The molecule has 0 fully saturated rings. The molecule has 2 N–H and O–H groups in total. The molecule has 1 unspecified atom stereocenters. The number of carbonyl (C=O) groups excluding carboxylic acids is 1. The highest BCUT2D eigenvalue weighted by atomic mass is 16.6. The van der Waals surface area contributed by atoms with Crippen molar-refractivity contribution in [1.29, 1.82) is 0 Å². The number of nitrogens with two attached hydrogens (primary N) is 1. The second-order valence-corrected chi connectivity index (χ2v) is 3.77. The smallest absolute Gasteiger partial charge is 0.322 e.